The highest BCUT2D eigenvalue weighted by atomic mass is 19.4. The fraction of sp³-hybridized carbons (Fsp3) is 0.615. The number of hydrogen-bond donors (Lipinski definition) is 0. The van der Waals surface area contributed by atoms with E-state index in [0.29, 0.717) is 5.46 Å². The van der Waals surface area contributed by atoms with Gasteiger partial charge in [-0.05, 0) is 33.8 Å². The summed E-state index contributed by atoms with van der Waals surface area (Å²) in [7, 11) is -0.683. The predicted octanol–water partition coefficient (Wildman–Crippen LogP) is 2.32. The molecule has 2 rings (SSSR count). The SMILES string of the molecule is CC1(C)OB(c2cncc(OCC(F)(F)F)c2)OC1(C)C. The minimum absolute atomic E-state index is 0.0273. The molecule has 0 aromatic carbocycles. The molecule has 1 aromatic rings. The van der Waals surface area contributed by atoms with E-state index in [1.807, 2.05) is 27.7 Å². The standard InChI is InChI=1S/C13H17BF3NO3/c1-11(2)12(3,4)21-14(20-11)9-5-10(7-18-6-9)19-8-13(15,16)17/h5-7H,8H2,1-4H3. The minimum atomic E-state index is -4.39. The Labute approximate surface area is 121 Å². The van der Waals surface area contributed by atoms with Gasteiger partial charge in [-0.15, -0.1) is 0 Å². The molecule has 0 aliphatic carbocycles. The van der Waals surface area contributed by atoms with Gasteiger partial charge in [0.05, 0.1) is 17.4 Å². The lowest BCUT2D eigenvalue weighted by Crippen LogP contribution is -2.41. The maximum atomic E-state index is 12.2. The average Bonchev–Trinajstić information content (AvgIpc) is 2.56. The Kier molecular flexibility index (Phi) is 3.97. The second kappa shape index (κ2) is 5.17. The molecule has 0 amide bonds. The Hall–Kier alpha value is -1.28. The zero-order valence-corrected chi connectivity index (χ0v) is 12.3. The van der Waals surface area contributed by atoms with Crippen molar-refractivity contribution in [2.24, 2.45) is 0 Å². The molecule has 0 unspecified atom stereocenters. The zero-order valence-electron chi connectivity index (χ0n) is 12.3. The van der Waals surface area contributed by atoms with Crippen molar-refractivity contribution in [2.45, 2.75) is 45.1 Å². The van der Waals surface area contributed by atoms with Gasteiger partial charge in [-0.1, -0.05) is 0 Å². The van der Waals surface area contributed by atoms with Gasteiger partial charge in [0, 0.05) is 11.7 Å². The smallest absolute Gasteiger partial charge is 0.483 e. The summed E-state index contributed by atoms with van der Waals surface area (Å²) >= 11 is 0. The van der Waals surface area contributed by atoms with Crippen LogP contribution in [0.5, 0.6) is 5.75 Å². The van der Waals surface area contributed by atoms with Crippen molar-refractivity contribution in [1.29, 1.82) is 0 Å². The van der Waals surface area contributed by atoms with Gasteiger partial charge < -0.3 is 14.0 Å². The summed E-state index contributed by atoms with van der Waals surface area (Å²) < 4.78 is 52.8. The molecule has 1 aromatic heterocycles. The molecule has 0 saturated carbocycles. The Morgan fingerprint density at radius 2 is 1.71 bits per heavy atom. The van der Waals surface area contributed by atoms with Gasteiger partial charge in [0.1, 0.15) is 5.75 Å². The maximum absolute atomic E-state index is 12.2. The Morgan fingerprint density at radius 3 is 2.24 bits per heavy atom. The summed E-state index contributed by atoms with van der Waals surface area (Å²) in [6.07, 6.45) is -1.68. The molecule has 0 spiro atoms. The van der Waals surface area contributed by atoms with Crippen molar-refractivity contribution in [2.75, 3.05) is 6.61 Å². The second-order valence-electron chi connectivity index (χ2n) is 5.95. The first-order valence-electron chi connectivity index (χ1n) is 6.50. The van der Waals surface area contributed by atoms with Crippen molar-refractivity contribution in [3.8, 4) is 5.75 Å². The molecular formula is C13H17BF3NO3. The molecule has 21 heavy (non-hydrogen) atoms. The van der Waals surface area contributed by atoms with Crippen molar-refractivity contribution >= 4 is 12.6 Å². The molecule has 0 N–H and O–H groups in total. The third kappa shape index (κ3) is 3.68. The third-order valence-corrected chi connectivity index (χ3v) is 3.66. The maximum Gasteiger partial charge on any atom is 0.496 e. The normalized spacial score (nSPS) is 20.6. The summed E-state index contributed by atoms with van der Waals surface area (Å²) in [5.41, 5.74) is -0.533. The second-order valence-corrected chi connectivity index (χ2v) is 5.95. The number of ether oxygens (including phenoxy) is 1. The number of nitrogens with zero attached hydrogens (tertiary/aromatic N) is 1. The van der Waals surface area contributed by atoms with Crippen LogP contribution >= 0.6 is 0 Å². The first-order valence-corrected chi connectivity index (χ1v) is 6.50. The quantitative estimate of drug-likeness (QED) is 0.804. The molecule has 1 aliphatic rings. The van der Waals surface area contributed by atoms with Crippen molar-refractivity contribution < 1.29 is 27.2 Å². The summed E-state index contributed by atoms with van der Waals surface area (Å²) in [5, 5.41) is 0. The van der Waals surface area contributed by atoms with Gasteiger partial charge in [-0.25, -0.2) is 0 Å². The summed E-state index contributed by atoms with van der Waals surface area (Å²) in [4.78, 5) is 3.87. The lowest BCUT2D eigenvalue weighted by atomic mass is 9.80. The zero-order chi connectivity index (χ0) is 15.9. The fourth-order valence-corrected chi connectivity index (χ4v) is 1.79. The van der Waals surface area contributed by atoms with Gasteiger partial charge in [0.2, 0.25) is 0 Å². The highest BCUT2D eigenvalue weighted by Crippen LogP contribution is 2.36. The van der Waals surface area contributed by atoms with Gasteiger partial charge in [-0.2, -0.15) is 13.2 Å². The molecule has 1 fully saturated rings. The number of pyridine rings is 1. The van der Waals surface area contributed by atoms with Crippen LogP contribution in [0.4, 0.5) is 13.2 Å². The van der Waals surface area contributed by atoms with E-state index in [9.17, 15) is 13.2 Å². The minimum Gasteiger partial charge on any atom is -0.483 e. The largest absolute Gasteiger partial charge is 0.496 e. The van der Waals surface area contributed by atoms with Crippen LogP contribution in [0.1, 0.15) is 27.7 Å². The molecule has 4 nitrogen and oxygen atoms in total. The molecule has 116 valence electrons. The van der Waals surface area contributed by atoms with Crippen LogP contribution in [0, 0.1) is 0 Å². The summed E-state index contributed by atoms with van der Waals surface area (Å²) in [5.74, 6) is 0.0273. The molecule has 0 atom stereocenters. The number of alkyl halides is 3. The van der Waals surface area contributed by atoms with Gasteiger partial charge in [0.15, 0.2) is 6.61 Å². The number of aromatic nitrogens is 1. The van der Waals surface area contributed by atoms with Crippen LogP contribution in [-0.2, 0) is 9.31 Å². The lowest BCUT2D eigenvalue weighted by molar-refractivity contribution is -0.153. The molecule has 0 bridgehead atoms. The number of hydrogen-bond acceptors (Lipinski definition) is 4. The fourth-order valence-electron chi connectivity index (χ4n) is 1.79. The van der Waals surface area contributed by atoms with E-state index in [1.165, 1.54) is 18.5 Å². The molecule has 2 heterocycles. The topological polar surface area (TPSA) is 40.6 Å². The Balaban J connectivity index is 2.12. The monoisotopic (exact) mass is 303 g/mol. The molecule has 8 heteroatoms. The van der Waals surface area contributed by atoms with Crippen LogP contribution in [-0.4, -0.2) is 36.1 Å². The van der Waals surface area contributed by atoms with Gasteiger partial charge >= 0.3 is 13.3 Å². The van der Waals surface area contributed by atoms with Crippen LogP contribution in [0.25, 0.3) is 0 Å². The molecule has 1 aliphatic heterocycles. The first-order chi connectivity index (χ1) is 9.50. The third-order valence-electron chi connectivity index (χ3n) is 3.66. The van der Waals surface area contributed by atoms with E-state index in [-0.39, 0.29) is 5.75 Å². The Bertz CT molecular complexity index is 504. The van der Waals surface area contributed by atoms with E-state index >= 15 is 0 Å². The Morgan fingerprint density at radius 1 is 1.14 bits per heavy atom. The van der Waals surface area contributed by atoms with Crippen molar-refractivity contribution in [3.05, 3.63) is 18.5 Å². The van der Waals surface area contributed by atoms with Crippen LogP contribution in [0.15, 0.2) is 18.5 Å². The van der Waals surface area contributed by atoms with Crippen LogP contribution in [0.2, 0.25) is 0 Å². The van der Waals surface area contributed by atoms with Crippen LogP contribution in [0.3, 0.4) is 0 Å². The van der Waals surface area contributed by atoms with E-state index in [1.54, 1.807) is 0 Å². The summed E-state index contributed by atoms with van der Waals surface area (Å²) in [6.45, 7) is 6.21. The molecular weight excluding hydrogens is 286 g/mol. The van der Waals surface area contributed by atoms with Gasteiger partial charge in [0.25, 0.3) is 0 Å². The number of halogens is 3. The van der Waals surface area contributed by atoms with Crippen molar-refractivity contribution in [3.63, 3.8) is 0 Å². The average molecular weight is 303 g/mol. The highest BCUT2D eigenvalue weighted by Gasteiger charge is 2.51. The van der Waals surface area contributed by atoms with E-state index < -0.39 is 31.1 Å². The van der Waals surface area contributed by atoms with E-state index in [4.69, 9.17) is 9.31 Å². The molecule has 0 radical (unpaired) electrons. The van der Waals surface area contributed by atoms with E-state index in [0.717, 1.165) is 0 Å². The van der Waals surface area contributed by atoms with Gasteiger partial charge in [-0.3, -0.25) is 4.98 Å². The number of rotatable bonds is 3. The van der Waals surface area contributed by atoms with Crippen LogP contribution < -0.4 is 10.2 Å². The summed E-state index contributed by atoms with van der Waals surface area (Å²) in [6, 6.07) is 1.45. The van der Waals surface area contributed by atoms with E-state index in [2.05, 4.69) is 9.72 Å². The first kappa shape index (κ1) is 16.1. The highest BCUT2D eigenvalue weighted by molar-refractivity contribution is 6.62. The molecule has 1 saturated heterocycles. The van der Waals surface area contributed by atoms with Crippen molar-refractivity contribution in [1.82, 2.24) is 4.98 Å². The lowest BCUT2D eigenvalue weighted by Gasteiger charge is -2.32. The predicted molar refractivity (Wildman–Crippen MR) is 71.5 cm³/mol.